The topological polar surface area (TPSA) is 55.9 Å². The Balaban J connectivity index is 2.13. The molecule has 0 aromatic carbocycles. The number of aryl methyl sites for hydroxylation is 2. The molecule has 98 valence electrons. The summed E-state index contributed by atoms with van der Waals surface area (Å²) in [4.78, 5) is 4.30. The molecule has 2 aromatic rings. The highest BCUT2D eigenvalue weighted by Gasteiger charge is 2.12. The highest BCUT2D eigenvalue weighted by Crippen LogP contribution is 2.21. The summed E-state index contributed by atoms with van der Waals surface area (Å²) in [6.45, 7) is 8.83. The van der Waals surface area contributed by atoms with Crippen molar-refractivity contribution in [3.8, 4) is 11.5 Å². The highest BCUT2D eigenvalue weighted by atomic mass is 16.4. The predicted octanol–water partition coefficient (Wildman–Crippen LogP) is 2.02. The van der Waals surface area contributed by atoms with Gasteiger partial charge in [0.05, 0.1) is 11.9 Å². The van der Waals surface area contributed by atoms with Crippen LogP contribution in [-0.2, 0) is 13.0 Å². The largest absolute Gasteiger partial charge is 0.439 e. The van der Waals surface area contributed by atoms with Crippen LogP contribution in [0.25, 0.3) is 11.5 Å². The van der Waals surface area contributed by atoms with Crippen molar-refractivity contribution in [1.82, 2.24) is 20.1 Å². The minimum absolute atomic E-state index is 0.771. The van der Waals surface area contributed by atoms with E-state index in [9.17, 15) is 0 Å². The minimum atomic E-state index is 0.771. The predicted molar refractivity (Wildman–Crippen MR) is 70.4 cm³/mol. The first-order valence-electron chi connectivity index (χ1n) is 6.44. The van der Waals surface area contributed by atoms with Crippen molar-refractivity contribution in [3.63, 3.8) is 0 Å². The van der Waals surface area contributed by atoms with E-state index in [2.05, 4.69) is 29.2 Å². The molecule has 0 amide bonds. The molecule has 5 nitrogen and oxygen atoms in total. The van der Waals surface area contributed by atoms with Gasteiger partial charge in [-0.15, -0.1) is 0 Å². The molecule has 0 aliphatic heterocycles. The summed E-state index contributed by atoms with van der Waals surface area (Å²) < 4.78 is 7.69. The molecule has 1 N–H and O–H groups in total. The Morgan fingerprint density at radius 1 is 1.39 bits per heavy atom. The molecule has 0 saturated carbocycles. The van der Waals surface area contributed by atoms with Crippen LogP contribution in [0.3, 0.4) is 0 Å². The Morgan fingerprint density at radius 3 is 2.94 bits per heavy atom. The van der Waals surface area contributed by atoms with Crippen molar-refractivity contribution in [3.05, 3.63) is 23.8 Å². The third-order valence-corrected chi connectivity index (χ3v) is 2.77. The summed E-state index contributed by atoms with van der Waals surface area (Å²) in [6, 6.07) is 2.03. The lowest BCUT2D eigenvalue weighted by molar-refractivity contribution is 0.491. The Hall–Kier alpha value is -1.62. The van der Waals surface area contributed by atoms with E-state index < -0.39 is 0 Å². The fraction of sp³-hybridized carbons (Fsp3) is 0.538. The Bertz CT molecular complexity index is 501. The van der Waals surface area contributed by atoms with Gasteiger partial charge in [-0.2, -0.15) is 5.10 Å². The highest BCUT2D eigenvalue weighted by molar-refractivity contribution is 5.51. The van der Waals surface area contributed by atoms with Crippen LogP contribution < -0.4 is 5.32 Å². The molecule has 0 saturated heterocycles. The van der Waals surface area contributed by atoms with E-state index in [1.165, 1.54) is 0 Å². The summed E-state index contributed by atoms with van der Waals surface area (Å²) in [7, 11) is 0. The van der Waals surface area contributed by atoms with Crippen molar-refractivity contribution in [1.29, 1.82) is 0 Å². The van der Waals surface area contributed by atoms with Gasteiger partial charge in [0.1, 0.15) is 5.69 Å². The van der Waals surface area contributed by atoms with Crippen molar-refractivity contribution >= 4 is 0 Å². The standard InChI is InChI=1S/C13H20N4O/c1-4-14-7-6-13-15-9-12(18-13)11-8-10(3)16-17(11)5-2/h8-9,14H,4-7H2,1-3H3. The van der Waals surface area contributed by atoms with Crippen LogP contribution in [0, 0.1) is 6.92 Å². The summed E-state index contributed by atoms with van der Waals surface area (Å²) in [5.41, 5.74) is 2.00. The summed E-state index contributed by atoms with van der Waals surface area (Å²) in [6.07, 6.45) is 2.59. The molecule has 18 heavy (non-hydrogen) atoms. The molecule has 2 heterocycles. The van der Waals surface area contributed by atoms with Gasteiger partial charge < -0.3 is 9.73 Å². The number of nitrogens with zero attached hydrogens (tertiary/aromatic N) is 3. The lowest BCUT2D eigenvalue weighted by Crippen LogP contribution is -2.16. The van der Waals surface area contributed by atoms with Crippen molar-refractivity contribution in [2.75, 3.05) is 13.1 Å². The molecular weight excluding hydrogens is 228 g/mol. The van der Waals surface area contributed by atoms with E-state index in [1.807, 2.05) is 17.7 Å². The average Bonchev–Trinajstić information content (AvgIpc) is 2.95. The second-order valence-corrected chi connectivity index (χ2v) is 4.21. The molecule has 0 bridgehead atoms. The van der Waals surface area contributed by atoms with Crippen molar-refractivity contribution in [2.45, 2.75) is 33.7 Å². The van der Waals surface area contributed by atoms with Gasteiger partial charge in [-0.25, -0.2) is 4.98 Å². The minimum Gasteiger partial charge on any atom is -0.439 e. The smallest absolute Gasteiger partial charge is 0.196 e. The maximum absolute atomic E-state index is 5.76. The van der Waals surface area contributed by atoms with Crippen molar-refractivity contribution in [2.24, 2.45) is 0 Å². The first-order valence-corrected chi connectivity index (χ1v) is 6.44. The molecule has 0 fully saturated rings. The monoisotopic (exact) mass is 248 g/mol. The van der Waals surface area contributed by atoms with E-state index in [1.54, 1.807) is 6.20 Å². The fourth-order valence-corrected chi connectivity index (χ4v) is 1.90. The number of aromatic nitrogens is 3. The molecule has 0 radical (unpaired) electrons. The van der Waals surface area contributed by atoms with E-state index >= 15 is 0 Å². The average molecular weight is 248 g/mol. The number of nitrogens with one attached hydrogen (secondary N) is 1. The zero-order valence-corrected chi connectivity index (χ0v) is 11.2. The molecule has 0 aliphatic rings. The summed E-state index contributed by atoms with van der Waals surface area (Å²) in [5, 5.41) is 7.66. The number of likely N-dealkylation sites (N-methyl/N-ethyl adjacent to an activating group) is 1. The number of rotatable bonds is 6. The van der Waals surface area contributed by atoms with Crippen LogP contribution in [0.15, 0.2) is 16.7 Å². The van der Waals surface area contributed by atoms with E-state index in [4.69, 9.17) is 4.42 Å². The fourth-order valence-electron chi connectivity index (χ4n) is 1.90. The van der Waals surface area contributed by atoms with Gasteiger partial charge >= 0.3 is 0 Å². The van der Waals surface area contributed by atoms with Crippen LogP contribution in [0.1, 0.15) is 25.4 Å². The number of hydrogen-bond acceptors (Lipinski definition) is 4. The third-order valence-electron chi connectivity index (χ3n) is 2.77. The van der Waals surface area contributed by atoms with Gasteiger partial charge in [0.25, 0.3) is 0 Å². The van der Waals surface area contributed by atoms with Crippen LogP contribution >= 0.6 is 0 Å². The lowest BCUT2D eigenvalue weighted by atomic mass is 10.3. The zero-order valence-electron chi connectivity index (χ0n) is 11.2. The van der Waals surface area contributed by atoms with Crippen LogP contribution in [0.4, 0.5) is 0 Å². The lowest BCUT2D eigenvalue weighted by Gasteiger charge is -2.00. The molecule has 2 rings (SSSR count). The molecule has 0 aliphatic carbocycles. The van der Waals surface area contributed by atoms with Gasteiger partial charge in [-0.05, 0) is 26.5 Å². The normalized spacial score (nSPS) is 11.1. The van der Waals surface area contributed by atoms with Gasteiger partial charge in [0.15, 0.2) is 11.7 Å². The van der Waals surface area contributed by atoms with E-state index in [0.29, 0.717) is 0 Å². The second kappa shape index (κ2) is 5.82. The first kappa shape index (κ1) is 12.8. The third kappa shape index (κ3) is 2.79. The van der Waals surface area contributed by atoms with Gasteiger partial charge in [-0.1, -0.05) is 6.92 Å². The van der Waals surface area contributed by atoms with E-state index in [0.717, 1.165) is 49.1 Å². The van der Waals surface area contributed by atoms with Crippen LogP contribution in [-0.4, -0.2) is 27.9 Å². The molecule has 0 atom stereocenters. The molecular formula is C13H20N4O. The Labute approximate surface area is 107 Å². The van der Waals surface area contributed by atoms with Crippen LogP contribution in [0.5, 0.6) is 0 Å². The number of hydrogen-bond donors (Lipinski definition) is 1. The first-order chi connectivity index (χ1) is 8.74. The molecule has 0 unspecified atom stereocenters. The van der Waals surface area contributed by atoms with Crippen molar-refractivity contribution < 1.29 is 4.42 Å². The SMILES string of the molecule is CCNCCc1ncc(-c2cc(C)nn2CC)o1. The maximum atomic E-state index is 5.76. The number of oxazole rings is 1. The molecule has 0 spiro atoms. The quantitative estimate of drug-likeness (QED) is 0.795. The van der Waals surface area contributed by atoms with Gasteiger partial charge in [0.2, 0.25) is 0 Å². The summed E-state index contributed by atoms with van der Waals surface area (Å²) >= 11 is 0. The summed E-state index contributed by atoms with van der Waals surface area (Å²) in [5.74, 6) is 1.57. The van der Waals surface area contributed by atoms with Crippen LogP contribution in [0.2, 0.25) is 0 Å². The van der Waals surface area contributed by atoms with Gasteiger partial charge in [0, 0.05) is 19.5 Å². The zero-order chi connectivity index (χ0) is 13.0. The Kier molecular flexibility index (Phi) is 4.15. The van der Waals surface area contributed by atoms with E-state index in [-0.39, 0.29) is 0 Å². The molecule has 2 aromatic heterocycles. The van der Waals surface area contributed by atoms with Gasteiger partial charge in [-0.3, -0.25) is 4.68 Å². The maximum Gasteiger partial charge on any atom is 0.196 e. The second-order valence-electron chi connectivity index (χ2n) is 4.21. The molecule has 5 heteroatoms. The Morgan fingerprint density at radius 2 is 2.22 bits per heavy atom.